The van der Waals surface area contributed by atoms with Crippen LogP contribution in [-0.2, 0) is 0 Å². The molecular weight excluding hydrogens is 250 g/mol. The Morgan fingerprint density at radius 2 is 2.06 bits per heavy atom. The summed E-state index contributed by atoms with van der Waals surface area (Å²) in [6, 6.07) is 1.53. The largest absolute Gasteiger partial charge is 0.366 e. The van der Waals surface area contributed by atoms with Gasteiger partial charge in [0.25, 0.3) is 5.91 Å². The van der Waals surface area contributed by atoms with Crippen molar-refractivity contribution in [3.63, 3.8) is 0 Å². The fourth-order valence-corrected chi connectivity index (χ4v) is 2.43. The Hall–Kier alpha value is -1.40. The van der Waals surface area contributed by atoms with E-state index in [1.165, 1.54) is 17.4 Å². The Labute approximate surface area is 111 Å². The molecule has 0 spiro atoms. The molecule has 4 N–H and O–H groups in total. The summed E-state index contributed by atoms with van der Waals surface area (Å²) >= 11 is 1.22. The lowest BCUT2D eigenvalue weighted by molar-refractivity contribution is 0.0745. The molecule has 0 aliphatic carbocycles. The minimum atomic E-state index is -0.518. The number of amides is 2. The lowest BCUT2D eigenvalue weighted by Gasteiger charge is -2.28. The zero-order chi connectivity index (χ0) is 13.9. The average molecular weight is 269 g/mol. The zero-order valence-corrected chi connectivity index (χ0v) is 11.7. The van der Waals surface area contributed by atoms with Gasteiger partial charge in [0.15, 0.2) is 0 Å². The molecule has 0 aliphatic heterocycles. The molecule has 6 heteroatoms. The van der Waals surface area contributed by atoms with Crippen LogP contribution in [0.5, 0.6) is 0 Å². The van der Waals surface area contributed by atoms with Crippen molar-refractivity contribution in [2.24, 2.45) is 16.9 Å². The van der Waals surface area contributed by atoms with E-state index in [0.29, 0.717) is 23.5 Å². The maximum Gasteiger partial charge on any atom is 0.263 e. The lowest BCUT2D eigenvalue weighted by Crippen LogP contribution is -2.39. The second-order valence-electron chi connectivity index (χ2n) is 5.09. The number of hydrogen-bond acceptors (Lipinski definition) is 4. The van der Waals surface area contributed by atoms with Crippen molar-refractivity contribution >= 4 is 23.2 Å². The molecular formula is C12H19N3O2S. The van der Waals surface area contributed by atoms with Gasteiger partial charge in [-0.3, -0.25) is 9.59 Å². The average Bonchev–Trinajstić information content (AvgIpc) is 2.76. The van der Waals surface area contributed by atoms with E-state index in [2.05, 4.69) is 0 Å². The standard InChI is InChI=1S/C12H19N3O2S/c1-12(2,6-13)7-15(3)11(17)9-4-8(5-18-9)10(14)16/h4-5H,6-7,13H2,1-3H3,(H2,14,16). The minimum Gasteiger partial charge on any atom is -0.366 e. The van der Waals surface area contributed by atoms with Crippen molar-refractivity contribution in [3.05, 3.63) is 21.9 Å². The molecule has 0 aromatic carbocycles. The summed E-state index contributed by atoms with van der Waals surface area (Å²) < 4.78 is 0. The molecule has 0 saturated heterocycles. The van der Waals surface area contributed by atoms with Gasteiger partial charge in [-0.15, -0.1) is 11.3 Å². The summed E-state index contributed by atoms with van der Waals surface area (Å²) in [6.07, 6.45) is 0. The van der Waals surface area contributed by atoms with E-state index in [1.807, 2.05) is 13.8 Å². The Morgan fingerprint density at radius 1 is 1.44 bits per heavy atom. The molecule has 0 saturated carbocycles. The monoisotopic (exact) mass is 269 g/mol. The second-order valence-corrected chi connectivity index (χ2v) is 6.00. The topological polar surface area (TPSA) is 89.4 Å². The van der Waals surface area contributed by atoms with Crippen LogP contribution in [0.2, 0.25) is 0 Å². The molecule has 18 heavy (non-hydrogen) atoms. The van der Waals surface area contributed by atoms with Crippen molar-refractivity contribution < 1.29 is 9.59 Å². The maximum atomic E-state index is 12.1. The van der Waals surface area contributed by atoms with Gasteiger partial charge >= 0.3 is 0 Å². The first-order valence-corrected chi connectivity index (χ1v) is 6.48. The summed E-state index contributed by atoms with van der Waals surface area (Å²) in [5, 5.41) is 1.59. The van der Waals surface area contributed by atoms with E-state index in [4.69, 9.17) is 11.5 Å². The van der Waals surface area contributed by atoms with E-state index >= 15 is 0 Å². The first-order valence-electron chi connectivity index (χ1n) is 5.61. The van der Waals surface area contributed by atoms with Crippen LogP contribution < -0.4 is 11.5 Å². The molecule has 1 aromatic heterocycles. The van der Waals surface area contributed by atoms with Crippen LogP contribution in [0.3, 0.4) is 0 Å². The number of hydrogen-bond donors (Lipinski definition) is 2. The van der Waals surface area contributed by atoms with Crippen molar-refractivity contribution in [3.8, 4) is 0 Å². The van der Waals surface area contributed by atoms with Gasteiger partial charge in [-0.05, 0) is 18.0 Å². The third kappa shape index (κ3) is 3.54. The highest BCUT2D eigenvalue weighted by molar-refractivity contribution is 7.12. The van der Waals surface area contributed by atoms with Gasteiger partial charge in [0.2, 0.25) is 5.91 Å². The predicted octanol–water partition coefficient (Wildman–Crippen LogP) is 0.904. The normalized spacial score (nSPS) is 11.3. The van der Waals surface area contributed by atoms with E-state index in [9.17, 15) is 9.59 Å². The smallest absolute Gasteiger partial charge is 0.263 e. The first-order chi connectivity index (χ1) is 8.26. The van der Waals surface area contributed by atoms with Gasteiger partial charge in [0, 0.05) is 19.0 Å². The van der Waals surface area contributed by atoms with E-state index in [-0.39, 0.29) is 11.3 Å². The number of thiophene rings is 1. The summed E-state index contributed by atoms with van der Waals surface area (Å²) in [7, 11) is 1.73. The molecule has 0 atom stereocenters. The van der Waals surface area contributed by atoms with Gasteiger partial charge in [-0.1, -0.05) is 13.8 Å². The predicted molar refractivity (Wildman–Crippen MR) is 72.6 cm³/mol. The molecule has 0 bridgehead atoms. The molecule has 100 valence electrons. The number of carbonyl (C=O) groups is 2. The van der Waals surface area contributed by atoms with Gasteiger partial charge in [-0.2, -0.15) is 0 Å². The van der Waals surface area contributed by atoms with Gasteiger partial charge in [-0.25, -0.2) is 0 Å². The summed E-state index contributed by atoms with van der Waals surface area (Å²) in [4.78, 5) is 25.2. The SMILES string of the molecule is CN(CC(C)(C)CN)C(=O)c1cc(C(N)=O)cs1. The lowest BCUT2D eigenvalue weighted by atomic mass is 9.93. The van der Waals surface area contributed by atoms with Gasteiger partial charge < -0.3 is 16.4 Å². The van der Waals surface area contributed by atoms with Gasteiger partial charge in [0.05, 0.1) is 10.4 Å². The van der Waals surface area contributed by atoms with Crippen LogP contribution in [0.1, 0.15) is 33.9 Å². The highest BCUT2D eigenvalue weighted by atomic mass is 32.1. The third-order valence-electron chi connectivity index (χ3n) is 2.66. The molecule has 1 aromatic rings. The van der Waals surface area contributed by atoms with Crippen LogP contribution in [0.4, 0.5) is 0 Å². The zero-order valence-electron chi connectivity index (χ0n) is 10.9. The van der Waals surface area contributed by atoms with Crippen molar-refractivity contribution in [2.75, 3.05) is 20.1 Å². The minimum absolute atomic E-state index is 0.117. The second kappa shape index (κ2) is 5.49. The number of primary amides is 1. The molecule has 0 radical (unpaired) electrons. The Morgan fingerprint density at radius 3 is 2.50 bits per heavy atom. The Bertz CT molecular complexity index is 454. The highest BCUT2D eigenvalue weighted by Crippen LogP contribution is 2.19. The van der Waals surface area contributed by atoms with Crippen LogP contribution in [0.25, 0.3) is 0 Å². The summed E-state index contributed by atoms with van der Waals surface area (Å²) in [5.74, 6) is -0.635. The van der Waals surface area contributed by atoms with E-state index in [1.54, 1.807) is 17.3 Å². The van der Waals surface area contributed by atoms with E-state index < -0.39 is 5.91 Å². The number of nitrogens with zero attached hydrogens (tertiary/aromatic N) is 1. The number of carbonyl (C=O) groups excluding carboxylic acids is 2. The highest BCUT2D eigenvalue weighted by Gasteiger charge is 2.23. The van der Waals surface area contributed by atoms with Crippen LogP contribution in [0.15, 0.2) is 11.4 Å². The number of nitrogens with two attached hydrogens (primary N) is 2. The molecule has 0 fully saturated rings. The van der Waals surface area contributed by atoms with Crippen LogP contribution in [0, 0.1) is 5.41 Å². The fraction of sp³-hybridized carbons (Fsp3) is 0.500. The molecule has 0 unspecified atom stereocenters. The van der Waals surface area contributed by atoms with Gasteiger partial charge in [0.1, 0.15) is 0 Å². The van der Waals surface area contributed by atoms with Crippen LogP contribution >= 0.6 is 11.3 Å². The molecule has 1 rings (SSSR count). The molecule has 1 heterocycles. The third-order valence-corrected chi connectivity index (χ3v) is 3.58. The maximum absolute atomic E-state index is 12.1. The van der Waals surface area contributed by atoms with E-state index in [0.717, 1.165) is 0 Å². The molecule has 2 amide bonds. The van der Waals surface area contributed by atoms with Crippen LogP contribution in [-0.4, -0.2) is 36.9 Å². The molecule has 5 nitrogen and oxygen atoms in total. The van der Waals surface area contributed by atoms with Crippen molar-refractivity contribution in [1.29, 1.82) is 0 Å². The summed E-state index contributed by atoms with van der Waals surface area (Å²) in [5.41, 5.74) is 11.0. The number of rotatable bonds is 5. The quantitative estimate of drug-likeness (QED) is 0.832. The summed E-state index contributed by atoms with van der Waals surface area (Å²) in [6.45, 7) is 5.06. The molecule has 0 aliphatic rings. The Kier molecular flexibility index (Phi) is 4.48. The Balaban J connectivity index is 2.77. The fourth-order valence-electron chi connectivity index (χ4n) is 1.54. The van der Waals surface area contributed by atoms with Crippen molar-refractivity contribution in [1.82, 2.24) is 4.90 Å². The van der Waals surface area contributed by atoms with Crippen molar-refractivity contribution in [2.45, 2.75) is 13.8 Å². The first kappa shape index (κ1) is 14.7.